The van der Waals surface area contributed by atoms with Crippen LogP contribution in [0.2, 0.25) is 0 Å². The summed E-state index contributed by atoms with van der Waals surface area (Å²) in [6.07, 6.45) is 7.34. The van der Waals surface area contributed by atoms with Crippen molar-refractivity contribution in [3.05, 3.63) is 29.3 Å². The molecule has 3 aliphatic rings. The number of rotatable bonds is 5. The largest absolute Gasteiger partial charge is 0.278 e. The van der Waals surface area contributed by atoms with Crippen LogP contribution in [0.25, 0.3) is 0 Å². The van der Waals surface area contributed by atoms with Crippen molar-refractivity contribution in [3.63, 3.8) is 0 Å². The van der Waals surface area contributed by atoms with Crippen LogP contribution in [0.1, 0.15) is 69.4 Å². The summed E-state index contributed by atoms with van der Waals surface area (Å²) in [6.45, 7) is 4.13. The molecule has 1 saturated heterocycles. The van der Waals surface area contributed by atoms with E-state index in [9.17, 15) is 18.0 Å². The average molecular weight is 433 g/mol. The molecule has 4 rings (SSSR count). The second-order valence-electron chi connectivity index (χ2n) is 9.44. The normalized spacial score (nSPS) is 29.9. The molecule has 0 unspecified atom stereocenters. The quantitative estimate of drug-likeness (QED) is 0.722. The van der Waals surface area contributed by atoms with Crippen molar-refractivity contribution in [2.45, 2.75) is 82.7 Å². The number of amides is 2. The number of sulfonamides is 1. The van der Waals surface area contributed by atoms with Gasteiger partial charge in [0.05, 0.1) is 23.3 Å². The topological polar surface area (TPSA) is 83.6 Å². The molecule has 2 atom stereocenters. The summed E-state index contributed by atoms with van der Waals surface area (Å²) in [7, 11) is -3.65. The van der Waals surface area contributed by atoms with E-state index >= 15 is 0 Å². The average Bonchev–Trinajstić information content (AvgIpc) is 2.96. The predicted octanol–water partition coefficient (Wildman–Crippen LogP) is 3.53. The lowest BCUT2D eigenvalue weighted by Gasteiger charge is -2.27. The van der Waals surface area contributed by atoms with E-state index in [1.165, 1.54) is 4.90 Å². The third kappa shape index (κ3) is 4.19. The molecule has 3 fully saturated rings. The molecule has 164 valence electrons. The lowest BCUT2D eigenvalue weighted by molar-refractivity contribution is -0.140. The fraction of sp³-hybridized carbons (Fsp3) is 0.652. The van der Waals surface area contributed by atoms with E-state index in [0.717, 1.165) is 51.4 Å². The Morgan fingerprint density at radius 2 is 1.57 bits per heavy atom. The zero-order chi connectivity index (χ0) is 21.5. The fourth-order valence-corrected chi connectivity index (χ4v) is 6.86. The summed E-state index contributed by atoms with van der Waals surface area (Å²) >= 11 is 0. The van der Waals surface area contributed by atoms with Gasteiger partial charge in [0.25, 0.3) is 0 Å². The smallest absolute Gasteiger partial charge is 0.241 e. The van der Waals surface area contributed by atoms with E-state index in [1.54, 1.807) is 19.1 Å². The van der Waals surface area contributed by atoms with Crippen molar-refractivity contribution >= 4 is 21.8 Å². The van der Waals surface area contributed by atoms with Crippen molar-refractivity contribution in [1.82, 2.24) is 9.62 Å². The highest BCUT2D eigenvalue weighted by Gasteiger charge is 2.47. The van der Waals surface area contributed by atoms with Crippen LogP contribution in [-0.4, -0.2) is 31.2 Å². The van der Waals surface area contributed by atoms with Crippen molar-refractivity contribution in [1.29, 1.82) is 0 Å². The molecule has 0 radical (unpaired) electrons. The first-order valence-electron chi connectivity index (χ1n) is 11.2. The maximum Gasteiger partial charge on any atom is 0.241 e. The van der Waals surface area contributed by atoms with E-state index < -0.39 is 10.0 Å². The Morgan fingerprint density at radius 3 is 2.17 bits per heavy atom. The highest BCUT2D eigenvalue weighted by Crippen LogP contribution is 2.38. The Labute approximate surface area is 179 Å². The number of hydrogen-bond acceptors (Lipinski definition) is 4. The molecule has 1 N–H and O–H groups in total. The van der Waals surface area contributed by atoms with E-state index in [4.69, 9.17) is 0 Å². The van der Waals surface area contributed by atoms with Gasteiger partial charge in [0.15, 0.2) is 0 Å². The van der Waals surface area contributed by atoms with Gasteiger partial charge in [0, 0.05) is 6.04 Å². The number of likely N-dealkylation sites (tertiary alicyclic amines) is 1. The molecule has 1 aromatic carbocycles. The van der Waals surface area contributed by atoms with E-state index in [0.29, 0.717) is 17.0 Å². The fourth-order valence-electron chi connectivity index (χ4n) is 5.26. The number of nitrogens with one attached hydrogen (secondary N) is 1. The first-order chi connectivity index (χ1) is 14.3. The van der Waals surface area contributed by atoms with Crippen molar-refractivity contribution < 1.29 is 18.0 Å². The molecule has 2 aliphatic carbocycles. The Hall–Kier alpha value is -1.73. The van der Waals surface area contributed by atoms with Gasteiger partial charge in [-0.3, -0.25) is 14.5 Å². The molecule has 2 saturated carbocycles. The van der Waals surface area contributed by atoms with Crippen LogP contribution in [0.15, 0.2) is 23.1 Å². The number of imide groups is 1. The molecule has 1 aliphatic heterocycles. The van der Waals surface area contributed by atoms with Gasteiger partial charge >= 0.3 is 0 Å². The van der Waals surface area contributed by atoms with E-state index in [1.807, 2.05) is 6.07 Å². The van der Waals surface area contributed by atoms with Crippen LogP contribution in [0.4, 0.5) is 0 Å². The SMILES string of the molecule is Cc1ccc(CN2C(=O)[C@H]3CCCC[C@H]3C2=O)cc1S(=O)(=O)NC1CCC(C)CC1. The predicted molar refractivity (Wildman–Crippen MR) is 114 cm³/mol. The number of fused-ring (bicyclic) bond motifs is 1. The van der Waals surface area contributed by atoms with Crippen LogP contribution >= 0.6 is 0 Å². The standard InChI is InChI=1S/C23H32N2O4S/c1-15-7-11-18(12-8-15)24-30(28,29)21-13-17(10-9-16(21)2)14-25-22(26)19-5-3-4-6-20(19)23(25)27/h9-10,13,15,18-20,24H,3-8,11-12,14H2,1-2H3/t15?,18?,19-,20+. The minimum atomic E-state index is -3.65. The highest BCUT2D eigenvalue weighted by atomic mass is 32.2. The van der Waals surface area contributed by atoms with Gasteiger partial charge in [-0.05, 0) is 68.6 Å². The zero-order valence-corrected chi connectivity index (χ0v) is 18.7. The van der Waals surface area contributed by atoms with Crippen molar-refractivity contribution in [2.75, 3.05) is 0 Å². The maximum atomic E-state index is 13.1. The minimum absolute atomic E-state index is 0.0286. The van der Waals surface area contributed by atoms with Gasteiger partial charge in [-0.25, -0.2) is 13.1 Å². The van der Waals surface area contributed by atoms with Gasteiger partial charge in [0.1, 0.15) is 0 Å². The Balaban J connectivity index is 1.52. The molecule has 2 amide bonds. The first-order valence-corrected chi connectivity index (χ1v) is 12.7. The number of aryl methyl sites for hydroxylation is 1. The number of hydrogen-bond donors (Lipinski definition) is 1. The summed E-state index contributed by atoms with van der Waals surface area (Å²) in [6, 6.07) is 5.19. The van der Waals surface area contributed by atoms with E-state index in [-0.39, 0.29) is 41.1 Å². The molecule has 30 heavy (non-hydrogen) atoms. The van der Waals surface area contributed by atoms with Crippen molar-refractivity contribution in [2.24, 2.45) is 17.8 Å². The van der Waals surface area contributed by atoms with Gasteiger partial charge < -0.3 is 0 Å². The molecule has 0 aromatic heterocycles. The van der Waals surface area contributed by atoms with Crippen LogP contribution in [-0.2, 0) is 26.2 Å². The van der Waals surface area contributed by atoms with E-state index in [2.05, 4.69) is 11.6 Å². The lowest BCUT2D eigenvalue weighted by atomic mass is 9.81. The van der Waals surface area contributed by atoms with Crippen LogP contribution in [0, 0.1) is 24.7 Å². The molecule has 6 nitrogen and oxygen atoms in total. The Morgan fingerprint density at radius 1 is 0.967 bits per heavy atom. The van der Waals surface area contributed by atoms with Crippen molar-refractivity contribution in [3.8, 4) is 0 Å². The summed E-state index contributed by atoms with van der Waals surface area (Å²) in [5, 5.41) is 0. The summed E-state index contributed by atoms with van der Waals surface area (Å²) in [4.78, 5) is 27.1. The number of carbonyl (C=O) groups excluding carboxylic acids is 2. The molecule has 1 heterocycles. The van der Waals surface area contributed by atoms with Gasteiger partial charge in [-0.1, -0.05) is 31.9 Å². The van der Waals surface area contributed by atoms with Crippen LogP contribution in [0.3, 0.4) is 0 Å². The second-order valence-corrected chi connectivity index (χ2v) is 11.1. The number of carbonyl (C=O) groups is 2. The summed E-state index contributed by atoms with van der Waals surface area (Å²) < 4.78 is 29.0. The maximum absolute atomic E-state index is 13.1. The highest BCUT2D eigenvalue weighted by molar-refractivity contribution is 7.89. The molecule has 7 heteroatoms. The molecular formula is C23H32N2O4S. The minimum Gasteiger partial charge on any atom is -0.278 e. The monoisotopic (exact) mass is 432 g/mol. The summed E-state index contributed by atoms with van der Waals surface area (Å²) in [5.41, 5.74) is 1.35. The third-order valence-corrected chi connectivity index (χ3v) is 8.82. The number of nitrogens with zero attached hydrogens (tertiary/aromatic N) is 1. The van der Waals surface area contributed by atoms with Gasteiger partial charge in [-0.15, -0.1) is 0 Å². The third-order valence-electron chi connectivity index (χ3n) is 7.15. The van der Waals surface area contributed by atoms with Gasteiger partial charge in [0.2, 0.25) is 21.8 Å². The number of benzene rings is 1. The Kier molecular flexibility index (Phi) is 6.04. The van der Waals surface area contributed by atoms with Crippen LogP contribution in [0.5, 0.6) is 0 Å². The van der Waals surface area contributed by atoms with Gasteiger partial charge in [-0.2, -0.15) is 0 Å². The first kappa shape index (κ1) is 21.5. The molecular weight excluding hydrogens is 400 g/mol. The molecule has 1 aromatic rings. The second kappa shape index (κ2) is 8.42. The molecule has 0 spiro atoms. The summed E-state index contributed by atoms with van der Waals surface area (Å²) in [5.74, 6) is 0.0915. The molecule has 0 bridgehead atoms. The Bertz CT molecular complexity index is 911. The van der Waals surface area contributed by atoms with Crippen LogP contribution < -0.4 is 4.72 Å². The zero-order valence-electron chi connectivity index (χ0n) is 17.9. The lowest BCUT2D eigenvalue weighted by Crippen LogP contribution is -2.37.